The fourth-order valence-electron chi connectivity index (χ4n) is 1.29. The molecule has 0 aliphatic carbocycles. The lowest BCUT2D eigenvalue weighted by Gasteiger charge is -2.06. The number of nitrogens with one attached hydrogen (secondary N) is 1. The molecule has 1 heterocycles. The average Bonchev–Trinajstić information content (AvgIpc) is 2.38. The van der Waals surface area contributed by atoms with E-state index in [1.54, 1.807) is 6.07 Å². The highest BCUT2D eigenvalue weighted by atomic mass is 79.9. The molecule has 1 amide bonds. The molecule has 92 valence electrons. The predicted molar refractivity (Wildman–Crippen MR) is 70.0 cm³/mol. The van der Waals surface area contributed by atoms with Gasteiger partial charge in [-0.05, 0) is 27.6 Å². The minimum atomic E-state index is -0.529. The van der Waals surface area contributed by atoms with E-state index in [4.69, 9.17) is 4.74 Å². The summed E-state index contributed by atoms with van der Waals surface area (Å²) < 4.78 is 5.60. The van der Waals surface area contributed by atoms with Gasteiger partial charge in [0.2, 0.25) is 0 Å². The third-order valence-electron chi connectivity index (χ3n) is 2.08. The van der Waals surface area contributed by atoms with Gasteiger partial charge in [0.25, 0.3) is 0 Å². The van der Waals surface area contributed by atoms with E-state index in [1.807, 2.05) is 30.3 Å². The van der Waals surface area contributed by atoms with Crippen molar-refractivity contribution in [3.8, 4) is 0 Å². The topological polar surface area (TPSA) is 64.1 Å². The van der Waals surface area contributed by atoms with Crippen LogP contribution in [-0.4, -0.2) is 16.3 Å². The number of hydrogen-bond donors (Lipinski definition) is 1. The SMILES string of the molecule is O=C(Nc1cnnc(Br)c1)OCc1ccccc1. The van der Waals surface area contributed by atoms with Crippen LogP contribution in [0.25, 0.3) is 0 Å². The number of hydrogen-bond acceptors (Lipinski definition) is 4. The Morgan fingerprint density at radius 3 is 2.83 bits per heavy atom. The number of aromatic nitrogens is 2. The highest BCUT2D eigenvalue weighted by Gasteiger charge is 2.04. The molecule has 0 spiro atoms. The summed E-state index contributed by atoms with van der Waals surface area (Å²) in [5, 5.41) is 9.96. The Balaban J connectivity index is 1.86. The van der Waals surface area contributed by atoms with E-state index >= 15 is 0 Å². The highest BCUT2D eigenvalue weighted by molar-refractivity contribution is 9.10. The normalized spacial score (nSPS) is 9.83. The van der Waals surface area contributed by atoms with E-state index in [9.17, 15) is 4.79 Å². The number of carbonyl (C=O) groups excluding carboxylic acids is 1. The predicted octanol–water partition coefficient (Wildman–Crippen LogP) is 2.99. The summed E-state index contributed by atoms with van der Waals surface area (Å²) in [6, 6.07) is 11.1. The standard InChI is InChI=1S/C12H10BrN3O2/c13-11-6-10(7-14-16-11)15-12(17)18-8-9-4-2-1-3-5-9/h1-7H,8H2,(H,15,16,17). The van der Waals surface area contributed by atoms with Gasteiger partial charge in [-0.1, -0.05) is 30.3 Å². The minimum absolute atomic E-state index is 0.229. The second-order valence-corrected chi connectivity index (χ2v) is 4.27. The molecule has 1 N–H and O–H groups in total. The Kier molecular flexibility index (Phi) is 4.25. The summed E-state index contributed by atoms with van der Waals surface area (Å²) in [5.74, 6) is 0. The van der Waals surface area contributed by atoms with Gasteiger partial charge in [0.15, 0.2) is 0 Å². The van der Waals surface area contributed by atoms with Gasteiger partial charge in [0, 0.05) is 0 Å². The first-order valence-corrected chi connectivity index (χ1v) is 5.99. The van der Waals surface area contributed by atoms with E-state index in [-0.39, 0.29) is 6.61 Å². The summed E-state index contributed by atoms with van der Waals surface area (Å²) in [7, 11) is 0. The molecule has 18 heavy (non-hydrogen) atoms. The van der Waals surface area contributed by atoms with Crippen molar-refractivity contribution in [1.82, 2.24) is 10.2 Å². The molecule has 1 aromatic carbocycles. The fourth-order valence-corrected chi connectivity index (χ4v) is 1.62. The van der Waals surface area contributed by atoms with Crippen LogP contribution in [0.2, 0.25) is 0 Å². The molecule has 0 saturated carbocycles. The molecular weight excluding hydrogens is 298 g/mol. The smallest absolute Gasteiger partial charge is 0.412 e. The molecular formula is C12H10BrN3O2. The maximum Gasteiger partial charge on any atom is 0.412 e. The van der Waals surface area contributed by atoms with Crippen LogP contribution in [0.3, 0.4) is 0 Å². The van der Waals surface area contributed by atoms with Crippen LogP contribution in [0.1, 0.15) is 5.56 Å². The Bertz CT molecular complexity index is 534. The van der Waals surface area contributed by atoms with Crippen molar-refractivity contribution in [2.24, 2.45) is 0 Å². The second-order valence-electron chi connectivity index (χ2n) is 3.45. The Labute approximate surface area is 112 Å². The summed E-state index contributed by atoms with van der Waals surface area (Å²) in [5.41, 5.74) is 1.46. The maximum atomic E-state index is 11.5. The molecule has 0 atom stereocenters. The van der Waals surface area contributed by atoms with Gasteiger partial charge in [0.05, 0.1) is 11.9 Å². The first-order chi connectivity index (χ1) is 8.74. The van der Waals surface area contributed by atoms with Gasteiger partial charge in [-0.3, -0.25) is 5.32 Å². The molecule has 6 heteroatoms. The van der Waals surface area contributed by atoms with Gasteiger partial charge < -0.3 is 4.74 Å². The lowest BCUT2D eigenvalue weighted by atomic mass is 10.2. The van der Waals surface area contributed by atoms with Crippen LogP contribution in [0.4, 0.5) is 10.5 Å². The van der Waals surface area contributed by atoms with Crippen LogP contribution in [0.15, 0.2) is 47.2 Å². The van der Waals surface area contributed by atoms with E-state index < -0.39 is 6.09 Å². The Morgan fingerprint density at radius 1 is 1.33 bits per heavy atom. The molecule has 0 bridgehead atoms. The molecule has 0 fully saturated rings. The quantitative estimate of drug-likeness (QED) is 0.946. The van der Waals surface area contributed by atoms with Crippen LogP contribution in [0.5, 0.6) is 0 Å². The van der Waals surface area contributed by atoms with Crippen molar-refractivity contribution in [3.05, 3.63) is 52.8 Å². The minimum Gasteiger partial charge on any atom is -0.444 e. The number of amides is 1. The average molecular weight is 308 g/mol. The van der Waals surface area contributed by atoms with Gasteiger partial charge in [-0.25, -0.2) is 4.79 Å². The highest BCUT2D eigenvalue weighted by Crippen LogP contribution is 2.11. The van der Waals surface area contributed by atoms with E-state index in [1.165, 1.54) is 6.20 Å². The van der Waals surface area contributed by atoms with Crippen LogP contribution >= 0.6 is 15.9 Å². The lowest BCUT2D eigenvalue weighted by molar-refractivity contribution is 0.155. The first kappa shape index (κ1) is 12.5. The molecule has 2 rings (SSSR count). The zero-order chi connectivity index (χ0) is 12.8. The van der Waals surface area contributed by atoms with Crippen molar-refractivity contribution in [1.29, 1.82) is 0 Å². The van der Waals surface area contributed by atoms with Gasteiger partial charge in [-0.2, -0.15) is 5.10 Å². The molecule has 0 unspecified atom stereocenters. The Hall–Kier alpha value is -1.95. The molecule has 0 aliphatic rings. The third kappa shape index (κ3) is 3.81. The number of halogens is 1. The third-order valence-corrected chi connectivity index (χ3v) is 2.47. The summed E-state index contributed by atoms with van der Waals surface area (Å²) in [6.07, 6.45) is 0.910. The maximum absolute atomic E-state index is 11.5. The summed E-state index contributed by atoms with van der Waals surface area (Å²) >= 11 is 3.16. The van der Waals surface area contributed by atoms with Crippen molar-refractivity contribution >= 4 is 27.7 Å². The number of benzene rings is 1. The second kappa shape index (κ2) is 6.11. The van der Waals surface area contributed by atoms with Crippen LogP contribution in [0, 0.1) is 0 Å². The summed E-state index contributed by atoms with van der Waals surface area (Å²) in [6.45, 7) is 0.229. The van der Waals surface area contributed by atoms with E-state index in [2.05, 4.69) is 31.4 Å². The monoisotopic (exact) mass is 307 g/mol. The van der Waals surface area contributed by atoms with Crippen molar-refractivity contribution < 1.29 is 9.53 Å². The molecule has 1 aromatic heterocycles. The van der Waals surface area contributed by atoms with Crippen molar-refractivity contribution in [2.75, 3.05) is 5.32 Å². The molecule has 2 aromatic rings. The number of ether oxygens (including phenoxy) is 1. The lowest BCUT2D eigenvalue weighted by Crippen LogP contribution is -2.13. The number of nitrogens with zero attached hydrogens (tertiary/aromatic N) is 2. The first-order valence-electron chi connectivity index (χ1n) is 5.20. The zero-order valence-corrected chi connectivity index (χ0v) is 10.9. The van der Waals surface area contributed by atoms with Crippen LogP contribution in [-0.2, 0) is 11.3 Å². The van der Waals surface area contributed by atoms with Gasteiger partial charge in [0.1, 0.15) is 11.2 Å². The van der Waals surface area contributed by atoms with Crippen molar-refractivity contribution in [2.45, 2.75) is 6.61 Å². The zero-order valence-electron chi connectivity index (χ0n) is 9.34. The molecule has 0 aliphatic heterocycles. The molecule has 0 saturated heterocycles. The van der Waals surface area contributed by atoms with Crippen molar-refractivity contribution in [3.63, 3.8) is 0 Å². The van der Waals surface area contributed by atoms with E-state index in [0.29, 0.717) is 10.3 Å². The molecule has 0 radical (unpaired) electrons. The number of carbonyl (C=O) groups is 1. The van der Waals surface area contributed by atoms with Crippen LogP contribution < -0.4 is 5.32 Å². The fraction of sp³-hybridized carbons (Fsp3) is 0.0833. The van der Waals surface area contributed by atoms with E-state index in [0.717, 1.165) is 5.56 Å². The van der Waals surface area contributed by atoms with Gasteiger partial charge >= 0.3 is 6.09 Å². The number of anilines is 1. The largest absolute Gasteiger partial charge is 0.444 e. The number of rotatable bonds is 3. The molecule has 5 nitrogen and oxygen atoms in total. The Morgan fingerprint density at radius 2 is 2.11 bits per heavy atom. The summed E-state index contributed by atoms with van der Waals surface area (Å²) in [4.78, 5) is 11.5. The van der Waals surface area contributed by atoms with Gasteiger partial charge in [-0.15, -0.1) is 5.10 Å².